The fourth-order valence-electron chi connectivity index (χ4n) is 1.92. The molecule has 0 saturated heterocycles. The minimum absolute atomic E-state index is 0.0225. The Hall–Kier alpha value is -1.47. The Morgan fingerprint density at radius 3 is 2.86 bits per heavy atom. The number of aryl methyl sites for hydroxylation is 1. The van der Waals surface area contributed by atoms with Crippen molar-refractivity contribution in [1.29, 1.82) is 0 Å². The topological polar surface area (TPSA) is 64.3 Å². The van der Waals surface area contributed by atoms with Gasteiger partial charge in [-0.1, -0.05) is 34.6 Å². The minimum Gasteiger partial charge on any atom is -0.497 e. The van der Waals surface area contributed by atoms with Gasteiger partial charge in [0, 0.05) is 22.4 Å². The summed E-state index contributed by atoms with van der Waals surface area (Å²) in [5.41, 5.74) is 1.91. The number of methoxy groups -OCH3 is 1. The van der Waals surface area contributed by atoms with Gasteiger partial charge in [0.1, 0.15) is 5.75 Å². The number of nitrogens with zero attached hydrogens (tertiary/aromatic N) is 2. The van der Waals surface area contributed by atoms with Gasteiger partial charge in [-0.2, -0.15) is 0 Å². The lowest BCUT2D eigenvalue weighted by Gasteiger charge is -2.12. The third-order valence-electron chi connectivity index (χ3n) is 2.84. The summed E-state index contributed by atoms with van der Waals surface area (Å²) in [7, 11) is 1.61. The van der Waals surface area contributed by atoms with E-state index in [0.29, 0.717) is 5.16 Å². The number of aliphatic carboxylic acids is 1. The van der Waals surface area contributed by atoms with Crippen LogP contribution >= 0.6 is 27.7 Å². The summed E-state index contributed by atoms with van der Waals surface area (Å²) in [6.07, 6.45) is 2.58. The number of rotatable bonds is 6. The van der Waals surface area contributed by atoms with E-state index in [2.05, 4.69) is 20.9 Å². The van der Waals surface area contributed by atoms with Crippen LogP contribution in [0.1, 0.15) is 12.6 Å². The van der Waals surface area contributed by atoms with Gasteiger partial charge in [0.05, 0.1) is 18.6 Å². The summed E-state index contributed by atoms with van der Waals surface area (Å²) in [5, 5.41) is 9.50. The molecule has 0 aliphatic carbocycles. The Morgan fingerprint density at radius 2 is 2.24 bits per heavy atom. The highest BCUT2D eigenvalue weighted by molar-refractivity contribution is 9.10. The first-order chi connectivity index (χ1) is 10.0. The first kappa shape index (κ1) is 15.9. The van der Waals surface area contributed by atoms with Crippen LogP contribution in [0.5, 0.6) is 5.75 Å². The van der Waals surface area contributed by atoms with E-state index in [-0.39, 0.29) is 5.75 Å². The molecule has 0 saturated carbocycles. The summed E-state index contributed by atoms with van der Waals surface area (Å²) in [4.78, 5) is 15.1. The Bertz CT molecular complexity index is 658. The average Bonchev–Trinajstić information content (AvgIpc) is 2.87. The van der Waals surface area contributed by atoms with E-state index < -0.39 is 5.97 Å². The van der Waals surface area contributed by atoms with Crippen LogP contribution in [0.2, 0.25) is 0 Å². The van der Waals surface area contributed by atoms with Crippen molar-refractivity contribution in [2.24, 2.45) is 0 Å². The molecule has 1 aromatic heterocycles. The lowest BCUT2D eigenvalue weighted by molar-refractivity contribution is -0.133. The first-order valence-corrected chi connectivity index (χ1v) is 8.09. The van der Waals surface area contributed by atoms with Gasteiger partial charge in [-0.05, 0) is 18.6 Å². The molecular formula is C14H15BrN2O3S. The number of carboxylic acid groups (broad SMARTS) is 1. The van der Waals surface area contributed by atoms with Crippen molar-refractivity contribution in [2.75, 3.05) is 12.9 Å². The van der Waals surface area contributed by atoms with Crippen molar-refractivity contribution in [2.45, 2.75) is 18.5 Å². The fourth-order valence-corrected chi connectivity index (χ4v) is 3.11. The molecule has 0 aliphatic rings. The number of carboxylic acids is 1. The third-order valence-corrected chi connectivity index (χ3v) is 4.23. The molecule has 0 radical (unpaired) electrons. The van der Waals surface area contributed by atoms with Gasteiger partial charge in [-0.3, -0.25) is 9.36 Å². The predicted octanol–water partition coefficient (Wildman–Crippen LogP) is 3.38. The summed E-state index contributed by atoms with van der Waals surface area (Å²) in [6, 6.07) is 5.72. The lowest BCUT2D eigenvalue weighted by Crippen LogP contribution is -2.04. The second-order valence-electron chi connectivity index (χ2n) is 4.25. The predicted molar refractivity (Wildman–Crippen MR) is 85.6 cm³/mol. The summed E-state index contributed by atoms with van der Waals surface area (Å²) in [6.45, 7) is 2.04. The molecule has 0 unspecified atom stereocenters. The maximum Gasteiger partial charge on any atom is 0.313 e. The summed E-state index contributed by atoms with van der Waals surface area (Å²) >= 11 is 4.66. The molecule has 5 nitrogen and oxygen atoms in total. The fraction of sp³-hybridized carbons (Fsp3) is 0.286. The van der Waals surface area contributed by atoms with Gasteiger partial charge in [0.2, 0.25) is 0 Å². The smallest absolute Gasteiger partial charge is 0.313 e. The van der Waals surface area contributed by atoms with Gasteiger partial charge in [-0.25, -0.2) is 4.98 Å². The highest BCUT2D eigenvalue weighted by atomic mass is 79.9. The van der Waals surface area contributed by atoms with Crippen molar-refractivity contribution in [3.63, 3.8) is 0 Å². The van der Waals surface area contributed by atoms with Crippen molar-refractivity contribution < 1.29 is 14.6 Å². The summed E-state index contributed by atoms with van der Waals surface area (Å²) < 4.78 is 8.13. The number of aromatic nitrogens is 2. The highest BCUT2D eigenvalue weighted by Crippen LogP contribution is 2.29. The molecule has 2 aromatic rings. The van der Waals surface area contributed by atoms with Crippen LogP contribution in [0.25, 0.3) is 5.69 Å². The molecule has 1 aromatic carbocycles. The molecule has 0 amide bonds. The van der Waals surface area contributed by atoms with Crippen LogP contribution in [0, 0.1) is 0 Å². The van der Waals surface area contributed by atoms with Crippen LogP contribution in [-0.2, 0) is 11.2 Å². The molecule has 0 bridgehead atoms. The van der Waals surface area contributed by atoms with E-state index >= 15 is 0 Å². The number of carbonyl (C=O) groups is 1. The first-order valence-electron chi connectivity index (χ1n) is 6.31. The maximum absolute atomic E-state index is 10.8. The van der Waals surface area contributed by atoms with Crippen molar-refractivity contribution >= 4 is 33.7 Å². The van der Waals surface area contributed by atoms with Gasteiger partial charge < -0.3 is 9.84 Å². The molecule has 2 rings (SSSR count). The molecule has 0 spiro atoms. The zero-order valence-corrected chi connectivity index (χ0v) is 14.1. The van der Waals surface area contributed by atoms with E-state index in [1.165, 1.54) is 11.8 Å². The maximum atomic E-state index is 10.8. The van der Waals surface area contributed by atoms with Crippen molar-refractivity contribution in [3.8, 4) is 11.4 Å². The standard InChI is InChI=1S/C14H15BrN2O3S/c1-3-10-7-16-14(21-8-13(18)19)17(10)11-4-9(15)5-12(6-11)20-2/h4-7H,3,8H2,1-2H3,(H,18,19). The lowest BCUT2D eigenvalue weighted by atomic mass is 10.2. The number of halogens is 1. The highest BCUT2D eigenvalue weighted by Gasteiger charge is 2.14. The van der Waals surface area contributed by atoms with E-state index in [9.17, 15) is 4.79 Å². The molecule has 0 atom stereocenters. The van der Waals surface area contributed by atoms with Gasteiger partial charge in [0.15, 0.2) is 5.16 Å². The monoisotopic (exact) mass is 370 g/mol. The minimum atomic E-state index is -0.862. The Morgan fingerprint density at radius 1 is 1.48 bits per heavy atom. The average molecular weight is 371 g/mol. The molecule has 7 heteroatoms. The van der Waals surface area contributed by atoms with Gasteiger partial charge in [-0.15, -0.1) is 0 Å². The largest absolute Gasteiger partial charge is 0.497 e. The normalized spacial score (nSPS) is 10.6. The number of hydrogen-bond donors (Lipinski definition) is 1. The third kappa shape index (κ3) is 3.79. The zero-order valence-electron chi connectivity index (χ0n) is 11.7. The number of benzene rings is 1. The molecule has 0 fully saturated rings. The molecule has 21 heavy (non-hydrogen) atoms. The number of ether oxygens (including phenoxy) is 1. The Balaban J connectivity index is 2.48. The van der Waals surface area contributed by atoms with Crippen LogP contribution < -0.4 is 4.74 Å². The quantitative estimate of drug-likeness (QED) is 0.789. The van der Waals surface area contributed by atoms with Crippen LogP contribution in [0.3, 0.4) is 0 Å². The molecule has 1 heterocycles. The number of hydrogen-bond acceptors (Lipinski definition) is 4. The van der Waals surface area contributed by atoms with Crippen molar-refractivity contribution in [1.82, 2.24) is 9.55 Å². The van der Waals surface area contributed by atoms with Crippen LogP contribution in [0.15, 0.2) is 34.0 Å². The second-order valence-corrected chi connectivity index (χ2v) is 6.11. The number of thioether (sulfide) groups is 1. The van der Waals surface area contributed by atoms with E-state index in [0.717, 1.165) is 28.0 Å². The van der Waals surface area contributed by atoms with Crippen molar-refractivity contribution in [3.05, 3.63) is 34.6 Å². The summed E-state index contributed by atoms with van der Waals surface area (Å²) in [5.74, 6) is -0.158. The van der Waals surface area contributed by atoms with E-state index in [1.54, 1.807) is 13.3 Å². The second kappa shape index (κ2) is 7.00. The van der Waals surface area contributed by atoms with Crippen LogP contribution in [0.4, 0.5) is 0 Å². The molecular weight excluding hydrogens is 356 g/mol. The van der Waals surface area contributed by atoms with E-state index in [1.807, 2.05) is 29.7 Å². The molecule has 112 valence electrons. The number of imidazole rings is 1. The Kier molecular flexibility index (Phi) is 5.30. The SMILES string of the molecule is CCc1cnc(SCC(=O)O)n1-c1cc(Br)cc(OC)c1. The van der Waals surface area contributed by atoms with Gasteiger partial charge >= 0.3 is 5.97 Å². The molecule has 0 aliphatic heterocycles. The molecule has 1 N–H and O–H groups in total. The Labute approximate surface area is 135 Å². The van der Waals surface area contributed by atoms with Crippen LogP contribution in [-0.4, -0.2) is 33.5 Å². The van der Waals surface area contributed by atoms with E-state index in [4.69, 9.17) is 9.84 Å². The van der Waals surface area contributed by atoms with Gasteiger partial charge in [0.25, 0.3) is 0 Å². The zero-order chi connectivity index (χ0) is 15.4.